The first kappa shape index (κ1) is 34.2. The first-order chi connectivity index (χ1) is 15.5. The molecule has 0 aromatic carbocycles. The second-order valence-corrected chi connectivity index (χ2v) is 17.0. The second-order valence-electron chi connectivity index (χ2n) is 8.39. The van der Waals surface area contributed by atoms with Crippen LogP contribution in [0, 0.1) is 0 Å². The van der Waals surface area contributed by atoms with E-state index in [1.807, 2.05) is 0 Å². The molecule has 206 valence electrons. The number of hydrogen-bond acceptors (Lipinski definition) is 10. The molecule has 34 heavy (non-hydrogen) atoms. The molecule has 10 nitrogen and oxygen atoms in total. The van der Waals surface area contributed by atoms with Crippen molar-refractivity contribution >= 4 is 35.8 Å². The lowest BCUT2D eigenvalue weighted by Crippen LogP contribution is -2.34. The molecule has 0 radical (unpaired) electrons. The molecule has 0 amide bonds. The summed E-state index contributed by atoms with van der Waals surface area (Å²) in [7, 11) is -12.5. The zero-order valence-corrected chi connectivity index (χ0v) is 25.3. The first-order valence-electron chi connectivity index (χ1n) is 11.7. The highest BCUT2D eigenvalue weighted by atomic mass is 32.2. The van der Waals surface area contributed by atoms with E-state index in [1.54, 1.807) is 41.5 Å². The molecule has 0 aliphatic heterocycles. The van der Waals surface area contributed by atoms with Gasteiger partial charge in [-0.2, -0.15) is 16.8 Å². The summed E-state index contributed by atoms with van der Waals surface area (Å²) in [5.74, 6) is 0. The summed E-state index contributed by atoms with van der Waals surface area (Å²) in [4.78, 5) is 0. The fraction of sp³-hybridized carbons (Fsp3) is 1.00. The molecule has 0 aliphatic rings. The van der Waals surface area contributed by atoms with Gasteiger partial charge in [0.15, 0.2) is 10.9 Å². The summed E-state index contributed by atoms with van der Waals surface area (Å²) >= 11 is 0. The van der Waals surface area contributed by atoms with E-state index in [0.717, 1.165) is 0 Å². The highest BCUT2D eigenvalue weighted by Crippen LogP contribution is 2.47. The highest BCUT2D eigenvalue weighted by molar-refractivity contribution is 7.87. The molecule has 0 bridgehead atoms. The van der Waals surface area contributed by atoms with Crippen molar-refractivity contribution in [3.8, 4) is 0 Å². The Morgan fingerprint density at radius 3 is 1.21 bits per heavy atom. The molecule has 0 saturated carbocycles. The van der Waals surface area contributed by atoms with Crippen LogP contribution in [0.4, 0.5) is 0 Å². The summed E-state index contributed by atoms with van der Waals surface area (Å²) in [6.45, 7) is 12.7. The van der Waals surface area contributed by atoms with E-state index in [-0.39, 0.29) is 13.2 Å². The van der Waals surface area contributed by atoms with Crippen LogP contribution in [0.3, 0.4) is 0 Å². The Labute approximate surface area is 207 Å². The third kappa shape index (κ3) is 10.3. The van der Waals surface area contributed by atoms with Crippen molar-refractivity contribution in [1.29, 1.82) is 0 Å². The lowest BCUT2D eigenvalue weighted by Gasteiger charge is -2.32. The molecule has 0 heterocycles. The lowest BCUT2D eigenvalue weighted by atomic mass is 10.3. The Morgan fingerprint density at radius 1 is 0.676 bits per heavy atom. The van der Waals surface area contributed by atoms with Gasteiger partial charge in [0.25, 0.3) is 20.2 Å². The van der Waals surface area contributed by atoms with E-state index in [2.05, 4.69) is 0 Å². The van der Waals surface area contributed by atoms with Crippen LogP contribution in [0.25, 0.3) is 0 Å². The third-order valence-electron chi connectivity index (χ3n) is 5.82. The largest absolute Gasteiger partial charge is 0.346 e. The van der Waals surface area contributed by atoms with Gasteiger partial charge in [-0.15, -0.1) is 0 Å². The van der Waals surface area contributed by atoms with E-state index in [0.29, 0.717) is 38.0 Å². The van der Waals surface area contributed by atoms with Crippen molar-refractivity contribution in [2.24, 2.45) is 0 Å². The fourth-order valence-corrected chi connectivity index (χ4v) is 8.64. The topological polar surface area (TPSA) is 139 Å². The van der Waals surface area contributed by atoms with Gasteiger partial charge < -0.3 is 18.6 Å². The quantitative estimate of drug-likeness (QED) is 0.123. The number of unbranched alkanes of at least 4 members (excludes halogenated alkanes) is 1. The molecule has 14 heteroatoms. The van der Waals surface area contributed by atoms with Crippen molar-refractivity contribution < 1.29 is 43.8 Å². The van der Waals surface area contributed by atoms with Crippen LogP contribution >= 0.6 is 15.6 Å². The van der Waals surface area contributed by atoms with Gasteiger partial charge in [0.1, 0.15) is 26.3 Å². The van der Waals surface area contributed by atoms with Crippen molar-refractivity contribution in [3.63, 3.8) is 0 Å². The molecular weight excluding hydrogens is 526 g/mol. The molecule has 0 spiro atoms. The predicted octanol–water partition coefficient (Wildman–Crippen LogP) is 4.60. The van der Waals surface area contributed by atoms with Crippen molar-refractivity contribution in [2.45, 2.75) is 103 Å². The Morgan fingerprint density at radius 2 is 0.971 bits per heavy atom. The average Bonchev–Trinajstić information content (AvgIpc) is 2.75. The molecular formula is C20H44O10P2S2. The molecule has 0 aliphatic carbocycles. The Bertz CT molecular complexity index is 806. The minimum absolute atomic E-state index is 0.00992. The lowest BCUT2D eigenvalue weighted by molar-refractivity contribution is 0.00983. The Hall–Kier alpha value is 0.200. The van der Waals surface area contributed by atoms with Gasteiger partial charge in [-0.1, -0.05) is 13.8 Å². The first-order valence-corrected chi connectivity index (χ1v) is 17.9. The molecule has 6 unspecified atom stereocenters. The third-order valence-corrected chi connectivity index (χ3v) is 13.7. The maximum absolute atomic E-state index is 13.0. The van der Waals surface area contributed by atoms with E-state index in [9.17, 15) is 26.0 Å². The molecule has 0 N–H and O–H groups in total. The zero-order valence-electron chi connectivity index (χ0n) is 21.7. The standard InChI is InChI=1S/C20H44O10P2S2/c1-9-19(7,29-17(5)33(23,24)27-11-3)31(21)15-13-14-16-32(22)20(8,10-2)30-18(6)34(25,26)28-12-4/h17-18,31-32H,9-16H2,1-8H3. The molecule has 0 aromatic heterocycles. The number of hydrogen-bond donors (Lipinski definition) is 0. The van der Waals surface area contributed by atoms with E-state index in [1.165, 1.54) is 13.8 Å². The maximum Gasteiger partial charge on any atom is 0.294 e. The minimum Gasteiger partial charge on any atom is -0.346 e. The second kappa shape index (κ2) is 14.8. The summed E-state index contributed by atoms with van der Waals surface area (Å²) in [6, 6.07) is 0. The van der Waals surface area contributed by atoms with Gasteiger partial charge in [0.2, 0.25) is 0 Å². The predicted molar refractivity (Wildman–Crippen MR) is 137 cm³/mol. The number of rotatable bonds is 19. The van der Waals surface area contributed by atoms with Crippen molar-refractivity contribution in [3.05, 3.63) is 0 Å². The summed E-state index contributed by atoms with van der Waals surface area (Å²) in [5, 5.41) is -2.22. The summed E-state index contributed by atoms with van der Waals surface area (Å²) < 4.78 is 95.1. The number of ether oxygens (including phenoxy) is 2. The highest BCUT2D eigenvalue weighted by Gasteiger charge is 2.38. The Balaban J connectivity index is 4.96. The SMILES string of the molecule is CCOS(=O)(=O)C(C)OC(C)(CC)[PH](=O)CCCC[PH](=O)C(C)(CC)OC(C)S(=O)(=O)OCC. The van der Waals surface area contributed by atoms with Crippen LogP contribution < -0.4 is 0 Å². The monoisotopic (exact) mass is 570 g/mol. The zero-order chi connectivity index (χ0) is 26.8. The molecule has 0 rings (SSSR count). The van der Waals surface area contributed by atoms with Crippen LogP contribution in [-0.2, 0) is 47.2 Å². The van der Waals surface area contributed by atoms with Crippen LogP contribution in [-0.4, -0.2) is 63.9 Å². The normalized spacial score (nSPS) is 20.1. The molecule has 0 saturated heterocycles. The smallest absolute Gasteiger partial charge is 0.294 e. The van der Waals surface area contributed by atoms with Crippen LogP contribution in [0.5, 0.6) is 0 Å². The van der Waals surface area contributed by atoms with Crippen molar-refractivity contribution in [2.75, 3.05) is 25.5 Å². The van der Waals surface area contributed by atoms with Gasteiger partial charge in [0, 0.05) is 12.3 Å². The fourth-order valence-electron chi connectivity index (χ4n) is 3.16. The van der Waals surface area contributed by atoms with Crippen LogP contribution in [0.2, 0.25) is 0 Å². The molecule has 0 aromatic rings. The Kier molecular flexibility index (Phi) is 14.9. The van der Waals surface area contributed by atoms with Gasteiger partial charge in [-0.25, -0.2) is 0 Å². The molecule has 0 fully saturated rings. The van der Waals surface area contributed by atoms with E-state index >= 15 is 0 Å². The van der Waals surface area contributed by atoms with Gasteiger partial charge in [-0.3, -0.25) is 8.37 Å². The minimum atomic E-state index is -3.91. The maximum atomic E-state index is 13.0. The molecule has 6 atom stereocenters. The van der Waals surface area contributed by atoms with Gasteiger partial charge in [0.05, 0.1) is 13.2 Å². The van der Waals surface area contributed by atoms with Crippen molar-refractivity contribution in [1.82, 2.24) is 0 Å². The van der Waals surface area contributed by atoms with Gasteiger partial charge in [-0.05, 0) is 67.2 Å². The summed E-state index contributed by atoms with van der Waals surface area (Å²) in [5.41, 5.74) is -2.50. The van der Waals surface area contributed by atoms with E-state index in [4.69, 9.17) is 17.8 Å². The van der Waals surface area contributed by atoms with Crippen LogP contribution in [0.15, 0.2) is 0 Å². The average molecular weight is 571 g/mol. The van der Waals surface area contributed by atoms with Gasteiger partial charge >= 0.3 is 0 Å². The van der Waals surface area contributed by atoms with E-state index < -0.39 is 57.4 Å². The van der Waals surface area contributed by atoms with Crippen LogP contribution in [0.1, 0.15) is 81.1 Å². The summed E-state index contributed by atoms with van der Waals surface area (Å²) in [6.07, 6.45) is 2.36.